The molecule has 0 aliphatic heterocycles. The molecular weight excluding hydrogens is 254 g/mol. The Hall–Kier alpha value is -0.170. The maximum absolute atomic E-state index is 11.9. The van der Waals surface area contributed by atoms with Crippen LogP contribution in [-0.4, -0.2) is 44.6 Å². The van der Waals surface area contributed by atoms with Crippen molar-refractivity contribution in [2.75, 3.05) is 19.0 Å². The van der Waals surface area contributed by atoms with Crippen molar-refractivity contribution in [2.24, 2.45) is 5.92 Å². The van der Waals surface area contributed by atoms with E-state index in [1.54, 1.807) is 0 Å². The molecule has 0 aromatic heterocycles. The van der Waals surface area contributed by atoms with Crippen LogP contribution in [0.1, 0.15) is 39.5 Å². The van der Waals surface area contributed by atoms with E-state index in [0.717, 1.165) is 25.7 Å². The first-order chi connectivity index (χ1) is 8.44. The predicted octanol–water partition coefficient (Wildman–Crippen LogP) is 0.882. The summed E-state index contributed by atoms with van der Waals surface area (Å²) >= 11 is 0. The van der Waals surface area contributed by atoms with E-state index in [9.17, 15) is 13.5 Å². The molecule has 0 radical (unpaired) electrons. The maximum atomic E-state index is 11.9. The van der Waals surface area contributed by atoms with E-state index in [1.807, 2.05) is 13.8 Å². The highest BCUT2D eigenvalue weighted by molar-refractivity contribution is 7.89. The smallest absolute Gasteiger partial charge is 0.214 e. The van der Waals surface area contributed by atoms with Crippen molar-refractivity contribution in [1.29, 1.82) is 0 Å². The summed E-state index contributed by atoms with van der Waals surface area (Å²) in [7, 11) is -3.31. The van der Waals surface area contributed by atoms with Gasteiger partial charge in [-0.3, -0.25) is 0 Å². The molecule has 2 N–H and O–H groups in total. The minimum atomic E-state index is -3.31. The van der Waals surface area contributed by atoms with Crippen LogP contribution in [0.4, 0.5) is 0 Å². The number of aliphatic hydroxyl groups is 1. The third kappa shape index (κ3) is 5.65. The minimum Gasteiger partial charge on any atom is -0.396 e. The molecule has 18 heavy (non-hydrogen) atoms. The molecule has 0 spiro atoms. The van der Waals surface area contributed by atoms with E-state index >= 15 is 0 Å². The van der Waals surface area contributed by atoms with Crippen LogP contribution in [0.2, 0.25) is 0 Å². The summed E-state index contributed by atoms with van der Waals surface area (Å²) in [5, 5.41) is 9.25. The van der Waals surface area contributed by atoms with Crippen LogP contribution >= 0.6 is 0 Å². The molecule has 5 nitrogen and oxygen atoms in total. The Labute approximate surface area is 110 Å². The monoisotopic (exact) mass is 279 g/mol. The Balaban J connectivity index is 2.43. The molecule has 1 saturated carbocycles. The Morgan fingerprint density at radius 2 is 2.00 bits per heavy atom. The van der Waals surface area contributed by atoms with Crippen molar-refractivity contribution in [1.82, 2.24) is 4.72 Å². The molecular formula is C12H25NO4S. The van der Waals surface area contributed by atoms with E-state index in [2.05, 4.69) is 4.72 Å². The fourth-order valence-corrected chi connectivity index (χ4v) is 3.47. The van der Waals surface area contributed by atoms with Crippen LogP contribution < -0.4 is 4.72 Å². The van der Waals surface area contributed by atoms with Gasteiger partial charge in [-0.25, -0.2) is 13.1 Å². The fourth-order valence-electron chi connectivity index (χ4n) is 2.26. The molecule has 1 fully saturated rings. The Bertz CT molecular complexity index is 329. The van der Waals surface area contributed by atoms with Gasteiger partial charge in [0.2, 0.25) is 10.0 Å². The van der Waals surface area contributed by atoms with Crippen LogP contribution in [0.5, 0.6) is 0 Å². The van der Waals surface area contributed by atoms with E-state index < -0.39 is 10.0 Å². The predicted molar refractivity (Wildman–Crippen MR) is 70.8 cm³/mol. The lowest BCUT2D eigenvalue weighted by atomic mass is 9.86. The Morgan fingerprint density at radius 3 is 2.61 bits per heavy atom. The average molecular weight is 279 g/mol. The van der Waals surface area contributed by atoms with Gasteiger partial charge in [0.1, 0.15) is 0 Å². The highest BCUT2D eigenvalue weighted by Crippen LogP contribution is 2.24. The number of nitrogens with one attached hydrogen (secondary N) is 1. The first-order valence-corrected chi connectivity index (χ1v) is 8.32. The molecule has 0 aromatic carbocycles. The van der Waals surface area contributed by atoms with Crippen molar-refractivity contribution in [3.63, 3.8) is 0 Å². The first kappa shape index (κ1) is 15.9. The number of ether oxygens (including phenoxy) is 1. The average Bonchev–Trinajstić information content (AvgIpc) is 2.28. The summed E-state index contributed by atoms with van der Waals surface area (Å²) in [4.78, 5) is 0. The SMILES string of the molecule is CC(C)OCCS(=O)(=O)NC1CCCCC1CO. The maximum Gasteiger partial charge on any atom is 0.214 e. The van der Waals surface area contributed by atoms with Gasteiger partial charge < -0.3 is 9.84 Å². The minimum absolute atomic E-state index is 0.0141. The number of hydrogen-bond acceptors (Lipinski definition) is 4. The van der Waals surface area contributed by atoms with Gasteiger partial charge in [-0.1, -0.05) is 12.8 Å². The summed E-state index contributed by atoms with van der Waals surface area (Å²) in [6, 6.07) is -0.118. The first-order valence-electron chi connectivity index (χ1n) is 6.67. The third-order valence-corrected chi connectivity index (χ3v) is 4.64. The fraction of sp³-hybridized carbons (Fsp3) is 1.00. The van der Waals surface area contributed by atoms with E-state index in [1.165, 1.54) is 0 Å². The summed E-state index contributed by atoms with van der Waals surface area (Å²) in [6.07, 6.45) is 3.84. The zero-order valence-electron chi connectivity index (χ0n) is 11.3. The van der Waals surface area contributed by atoms with Crippen LogP contribution in [0, 0.1) is 5.92 Å². The zero-order valence-corrected chi connectivity index (χ0v) is 12.1. The largest absolute Gasteiger partial charge is 0.396 e. The third-order valence-electron chi connectivity index (χ3n) is 3.28. The van der Waals surface area contributed by atoms with Gasteiger partial charge >= 0.3 is 0 Å². The highest BCUT2D eigenvalue weighted by atomic mass is 32.2. The summed E-state index contributed by atoms with van der Waals surface area (Å²) in [6.45, 7) is 4.02. The standard InChI is InChI=1S/C12H25NO4S/c1-10(2)17-7-8-18(15,16)13-12-6-4-3-5-11(12)9-14/h10-14H,3-9H2,1-2H3. The van der Waals surface area contributed by atoms with E-state index in [0.29, 0.717) is 0 Å². The zero-order chi connectivity index (χ0) is 13.6. The molecule has 1 aliphatic carbocycles. The van der Waals surface area contributed by atoms with E-state index in [-0.39, 0.29) is 37.0 Å². The number of aliphatic hydroxyl groups excluding tert-OH is 1. The lowest BCUT2D eigenvalue weighted by molar-refractivity contribution is 0.0910. The molecule has 0 bridgehead atoms. The lowest BCUT2D eigenvalue weighted by Crippen LogP contribution is -2.44. The van der Waals surface area contributed by atoms with Gasteiger partial charge in [0.05, 0.1) is 18.5 Å². The van der Waals surface area contributed by atoms with Crippen molar-refractivity contribution >= 4 is 10.0 Å². The van der Waals surface area contributed by atoms with Crippen LogP contribution in [0.15, 0.2) is 0 Å². The molecule has 0 aromatic rings. The van der Waals surface area contributed by atoms with Gasteiger partial charge in [0.25, 0.3) is 0 Å². The molecule has 1 rings (SSSR count). The normalized spacial score (nSPS) is 25.6. The van der Waals surface area contributed by atoms with Gasteiger partial charge in [-0.15, -0.1) is 0 Å². The molecule has 1 aliphatic rings. The van der Waals surface area contributed by atoms with E-state index in [4.69, 9.17) is 4.74 Å². The Morgan fingerprint density at radius 1 is 1.33 bits per heavy atom. The second kappa shape index (κ2) is 7.43. The van der Waals surface area contributed by atoms with Crippen LogP contribution in [-0.2, 0) is 14.8 Å². The molecule has 108 valence electrons. The van der Waals surface area contributed by atoms with Crippen molar-refractivity contribution in [2.45, 2.75) is 51.7 Å². The molecule has 0 saturated heterocycles. The second-order valence-electron chi connectivity index (χ2n) is 5.19. The molecule has 2 unspecified atom stereocenters. The number of sulfonamides is 1. The van der Waals surface area contributed by atoms with Gasteiger partial charge in [0, 0.05) is 12.6 Å². The quantitative estimate of drug-likeness (QED) is 0.725. The number of hydrogen-bond donors (Lipinski definition) is 2. The highest BCUT2D eigenvalue weighted by Gasteiger charge is 2.28. The molecule has 0 amide bonds. The molecule has 2 atom stereocenters. The molecule has 6 heteroatoms. The van der Waals surface area contributed by atoms with Gasteiger partial charge in [-0.05, 0) is 32.6 Å². The van der Waals surface area contributed by atoms with Crippen molar-refractivity contribution in [3.8, 4) is 0 Å². The second-order valence-corrected chi connectivity index (χ2v) is 7.06. The van der Waals surface area contributed by atoms with Crippen LogP contribution in [0.25, 0.3) is 0 Å². The van der Waals surface area contributed by atoms with Gasteiger partial charge in [0.15, 0.2) is 0 Å². The summed E-state index contributed by atoms with van der Waals surface area (Å²) < 4.78 is 31.7. The number of rotatable bonds is 7. The van der Waals surface area contributed by atoms with Crippen LogP contribution in [0.3, 0.4) is 0 Å². The lowest BCUT2D eigenvalue weighted by Gasteiger charge is -2.30. The Kier molecular flexibility index (Phi) is 6.55. The van der Waals surface area contributed by atoms with Gasteiger partial charge in [-0.2, -0.15) is 0 Å². The summed E-state index contributed by atoms with van der Waals surface area (Å²) in [5.41, 5.74) is 0. The van der Waals surface area contributed by atoms with Crippen molar-refractivity contribution < 1.29 is 18.3 Å². The van der Waals surface area contributed by atoms with Crippen molar-refractivity contribution in [3.05, 3.63) is 0 Å². The topological polar surface area (TPSA) is 75.6 Å². The molecule has 0 heterocycles. The summed E-state index contributed by atoms with van der Waals surface area (Å²) in [5.74, 6) is 0.0411.